The summed E-state index contributed by atoms with van der Waals surface area (Å²) in [6.45, 7) is 1.26. The second-order valence-electron chi connectivity index (χ2n) is 8.74. The smallest absolute Gasteiger partial charge is 0.226 e. The molecule has 2 saturated carbocycles. The first kappa shape index (κ1) is 20.4. The molecule has 1 heterocycles. The van der Waals surface area contributed by atoms with Crippen LogP contribution in [0.5, 0.6) is 0 Å². The highest BCUT2D eigenvalue weighted by Gasteiger charge is 2.49. The van der Waals surface area contributed by atoms with Gasteiger partial charge < -0.3 is 9.80 Å². The molecule has 0 bridgehead atoms. The van der Waals surface area contributed by atoms with Crippen LogP contribution in [0.25, 0.3) is 0 Å². The Labute approximate surface area is 177 Å². The van der Waals surface area contributed by atoms with E-state index < -0.39 is 5.54 Å². The van der Waals surface area contributed by atoms with Gasteiger partial charge in [-0.1, -0.05) is 29.8 Å². The second kappa shape index (κ2) is 8.10. The molecule has 0 radical (unpaired) electrons. The van der Waals surface area contributed by atoms with Crippen LogP contribution in [0.1, 0.15) is 56.9 Å². The van der Waals surface area contributed by atoms with Gasteiger partial charge in [-0.25, -0.2) is 0 Å². The van der Waals surface area contributed by atoms with E-state index in [1.807, 2.05) is 23.1 Å². The molecule has 1 aliphatic heterocycles. The molecule has 156 valence electrons. The molecular formula is C23H29ClN2O3. The number of likely N-dealkylation sites (N-methyl/N-ethyl adjacent to an activating group) is 1. The van der Waals surface area contributed by atoms with Gasteiger partial charge in [0.05, 0.1) is 0 Å². The van der Waals surface area contributed by atoms with E-state index in [9.17, 15) is 14.4 Å². The van der Waals surface area contributed by atoms with Gasteiger partial charge in [-0.3, -0.25) is 14.4 Å². The number of hydrogen-bond donors (Lipinski definition) is 0. The summed E-state index contributed by atoms with van der Waals surface area (Å²) in [6, 6.07) is 7.40. The van der Waals surface area contributed by atoms with Crippen LogP contribution >= 0.6 is 11.6 Å². The third-order valence-electron chi connectivity index (χ3n) is 6.96. The molecule has 0 spiro atoms. The van der Waals surface area contributed by atoms with Crippen LogP contribution in [0.3, 0.4) is 0 Å². The maximum absolute atomic E-state index is 13.5. The Morgan fingerprint density at radius 3 is 2.38 bits per heavy atom. The third kappa shape index (κ3) is 3.70. The zero-order chi connectivity index (χ0) is 20.6. The predicted octanol–water partition coefficient (Wildman–Crippen LogP) is 3.79. The van der Waals surface area contributed by atoms with Crippen molar-refractivity contribution in [2.45, 2.75) is 56.9 Å². The average molecular weight is 417 g/mol. The number of nitrogens with zero attached hydrogens (tertiary/aromatic N) is 2. The van der Waals surface area contributed by atoms with Crippen molar-refractivity contribution in [2.24, 2.45) is 11.8 Å². The van der Waals surface area contributed by atoms with Crippen molar-refractivity contribution in [3.8, 4) is 0 Å². The summed E-state index contributed by atoms with van der Waals surface area (Å²) < 4.78 is 0. The van der Waals surface area contributed by atoms with Crippen molar-refractivity contribution in [1.29, 1.82) is 0 Å². The van der Waals surface area contributed by atoms with Gasteiger partial charge in [0.2, 0.25) is 11.8 Å². The van der Waals surface area contributed by atoms with Crippen LogP contribution in [-0.2, 0) is 19.9 Å². The summed E-state index contributed by atoms with van der Waals surface area (Å²) in [5.41, 5.74) is -0.238. The summed E-state index contributed by atoms with van der Waals surface area (Å²) in [4.78, 5) is 42.6. The van der Waals surface area contributed by atoms with Crippen LogP contribution in [0, 0.1) is 11.8 Å². The Bertz CT molecular complexity index is 814. The van der Waals surface area contributed by atoms with Crippen LogP contribution in [0.4, 0.5) is 0 Å². The van der Waals surface area contributed by atoms with Gasteiger partial charge in [0, 0.05) is 49.0 Å². The lowest BCUT2D eigenvalue weighted by Gasteiger charge is -2.45. The number of likely N-dealkylation sites (tertiary alicyclic amines) is 1. The number of carbonyl (C=O) groups is 3. The lowest BCUT2D eigenvalue weighted by molar-refractivity contribution is -0.152. The van der Waals surface area contributed by atoms with Gasteiger partial charge in [0.15, 0.2) is 5.78 Å². The van der Waals surface area contributed by atoms with Crippen LogP contribution in [0.2, 0.25) is 5.02 Å². The lowest BCUT2D eigenvalue weighted by atomic mass is 9.73. The number of amides is 2. The van der Waals surface area contributed by atoms with Crippen molar-refractivity contribution in [3.05, 3.63) is 34.9 Å². The van der Waals surface area contributed by atoms with Crippen molar-refractivity contribution in [3.63, 3.8) is 0 Å². The molecule has 3 fully saturated rings. The highest BCUT2D eigenvalue weighted by Crippen LogP contribution is 2.43. The van der Waals surface area contributed by atoms with E-state index in [0.29, 0.717) is 43.8 Å². The van der Waals surface area contributed by atoms with E-state index in [1.165, 1.54) is 0 Å². The number of ketones is 1. The van der Waals surface area contributed by atoms with Crippen LogP contribution in [0.15, 0.2) is 24.3 Å². The average Bonchev–Trinajstić information content (AvgIpc) is 3.59. The van der Waals surface area contributed by atoms with E-state index in [1.54, 1.807) is 18.0 Å². The van der Waals surface area contributed by atoms with Gasteiger partial charge >= 0.3 is 0 Å². The maximum atomic E-state index is 13.5. The Morgan fingerprint density at radius 2 is 1.76 bits per heavy atom. The number of benzene rings is 1. The first-order chi connectivity index (χ1) is 13.9. The van der Waals surface area contributed by atoms with Gasteiger partial charge in [0.1, 0.15) is 5.54 Å². The number of Topliss-reactive ketones (excluding diaryl/α,β-unsaturated/α-hetero) is 1. The Kier molecular flexibility index (Phi) is 5.69. The Hall–Kier alpha value is -1.88. The first-order valence-corrected chi connectivity index (χ1v) is 11.2. The summed E-state index contributed by atoms with van der Waals surface area (Å²) >= 11 is 6.50. The SMILES string of the molecule is CN(C(=O)C1CCN(C(=O)C2CC2)CC1)C1(c2ccccc2Cl)CCCCC1=O. The first-order valence-electron chi connectivity index (χ1n) is 10.8. The molecule has 1 atom stereocenters. The predicted molar refractivity (Wildman–Crippen MR) is 111 cm³/mol. The molecule has 2 amide bonds. The summed E-state index contributed by atoms with van der Waals surface area (Å²) in [6.07, 6.45) is 6.15. The van der Waals surface area contributed by atoms with Crippen LogP contribution in [-0.4, -0.2) is 47.5 Å². The molecule has 0 N–H and O–H groups in total. The molecule has 1 aromatic carbocycles. The Balaban J connectivity index is 1.54. The van der Waals surface area contributed by atoms with Gasteiger partial charge in [0.25, 0.3) is 0 Å². The number of rotatable bonds is 4. The van der Waals surface area contributed by atoms with E-state index >= 15 is 0 Å². The maximum Gasteiger partial charge on any atom is 0.226 e. The van der Waals surface area contributed by atoms with Crippen molar-refractivity contribution in [2.75, 3.05) is 20.1 Å². The molecule has 0 aromatic heterocycles. The molecule has 1 saturated heterocycles. The molecule has 1 aromatic rings. The largest absolute Gasteiger partial charge is 0.342 e. The zero-order valence-electron chi connectivity index (χ0n) is 17.0. The van der Waals surface area contributed by atoms with E-state index in [4.69, 9.17) is 11.6 Å². The Morgan fingerprint density at radius 1 is 1.07 bits per heavy atom. The van der Waals surface area contributed by atoms with Crippen molar-refractivity contribution >= 4 is 29.2 Å². The van der Waals surface area contributed by atoms with Crippen molar-refractivity contribution in [1.82, 2.24) is 9.80 Å². The third-order valence-corrected chi connectivity index (χ3v) is 7.29. The highest BCUT2D eigenvalue weighted by molar-refractivity contribution is 6.31. The van der Waals surface area contributed by atoms with E-state index in [0.717, 1.165) is 31.2 Å². The molecule has 4 rings (SSSR count). The van der Waals surface area contributed by atoms with Crippen molar-refractivity contribution < 1.29 is 14.4 Å². The zero-order valence-corrected chi connectivity index (χ0v) is 17.8. The normalized spacial score (nSPS) is 25.7. The molecule has 6 heteroatoms. The summed E-state index contributed by atoms with van der Waals surface area (Å²) in [7, 11) is 1.76. The quantitative estimate of drug-likeness (QED) is 0.750. The van der Waals surface area contributed by atoms with Gasteiger partial charge in [-0.15, -0.1) is 0 Å². The minimum absolute atomic E-state index is 0.00121. The molecule has 3 aliphatic rings. The van der Waals surface area contributed by atoms with Crippen LogP contribution < -0.4 is 0 Å². The minimum atomic E-state index is -0.978. The highest BCUT2D eigenvalue weighted by atomic mass is 35.5. The monoisotopic (exact) mass is 416 g/mol. The number of halogens is 1. The standard InChI is InChI=1S/C23H29ClN2O3/c1-25(21(28)17-11-14-26(15-12-17)22(29)16-9-10-16)23(13-5-4-8-20(23)27)18-6-2-3-7-19(18)24/h2-3,6-7,16-17H,4-5,8-15H2,1H3. The number of carbonyl (C=O) groups excluding carboxylic acids is 3. The summed E-state index contributed by atoms with van der Waals surface area (Å²) in [5, 5.41) is 0.534. The fraction of sp³-hybridized carbons (Fsp3) is 0.609. The fourth-order valence-corrected chi connectivity index (χ4v) is 5.32. The fourth-order valence-electron chi connectivity index (χ4n) is 5.03. The topological polar surface area (TPSA) is 57.7 Å². The lowest BCUT2D eigenvalue weighted by Crippen LogP contribution is -2.56. The minimum Gasteiger partial charge on any atom is -0.342 e. The number of piperidine rings is 1. The molecule has 1 unspecified atom stereocenters. The number of hydrogen-bond acceptors (Lipinski definition) is 3. The van der Waals surface area contributed by atoms with Gasteiger partial charge in [-0.05, 0) is 51.0 Å². The van der Waals surface area contributed by atoms with E-state index in [-0.39, 0.29) is 29.4 Å². The van der Waals surface area contributed by atoms with E-state index in [2.05, 4.69) is 0 Å². The second-order valence-corrected chi connectivity index (χ2v) is 9.15. The molecule has 29 heavy (non-hydrogen) atoms. The molecule has 2 aliphatic carbocycles. The van der Waals surface area contributed by atoms with Gasteiger partial charge in [-0.2, -0.15) is 0 Å². The molecule has 5 nitrogen and oxygen atoms in total. The summed E-state index contributed by atoms with van der Waals surface area (Å²) in [5.74, 6) is 0.387. The molecular weight excluding hydrogens is 388 g/mol.